The fourth-order valence-electron chi connectivity index (χ4n) is 2.24. The number of carbonyl (C=O) groups is 1. The van der Waals surface area contributed by atoms with Crippen LogP contribution in [0.4, 0.5) is 0 Å². The van der Waals surface area contributed by atoms with Gasteiger partial charge in [-0.25, -0.2) is 0 Å². The second kappa shape index (κ2) is 16.4. The zero-order chi connectivity index (χ0) is 20.5. The maximum absolute atomic E-state index is 11.7. The summed E-state index contributed by atoms with van der Waals surface area (Å²) < 4.78 is 5.04. The first kappa shape index (κ1) is 25.2. The highest BCUT2D eigenvalue weighted by molar-refractivity contribution is 5.75. The Morgan fingerprint density at radius 3 is 2.30 bits per heavy atom. The van der Waals surface area contributed by atoms with Crippen molar-refractivity contribution in [3.05, 3.63) is 23.8 Å². The summed E-state index contributed by atoms with van der Waals surface area (Å²) in [7, 11) is 1.51. The standard InChI is InChI=1S/C17H27NO3.C3H8O3/c1-3-4-5-6-7-8-9-17(20)18-13-14-10-11-15(19)16(12-14)21-2;4-1-3(6)2-5/h10-12,19H,3-9,13H2,1-2H3,(H,18,20);3-6H,1-2H2. The molecule has 5 N–H and O–H groups in total. The largest absolute Gasteiger partial charge is 0.504 e. The second-order valence-corrected chi connectivity index (χ2v) is 6.32. The Balaban J connectivity index is 0.000000972. The predicted octanol–water partition coefficient (Wildman–Crippen LogP) is 2.10. The van der Waals surface area contributed by atoms with E-state index in [4.69, 9.17) is 20.1 Å². The quantitative estimate of drug-likeness (QED) is 0.352. The number of unbranched alkanes of at least 4 members (excludes halogenated alkanes) is 5. The Labute approximate surface area is 162 Å². The van der Waals surface area contributed by atoms with Gasteiger partial charge in [-0.1, -0.05) is 45.1 Å². The summed E-state index contributed by atoms with van der Waals surface area (Å²) in [6.45, 7) is 1.93. The molecule has 27 heavy (non-hydrogen) atoms. The third-order valence-corrected chi connectivity index (χ3v) is 3.91. The number of phenolic OH excluding ortho intramolecular Hbond substituents is 1. The zero-order valence-corrected chi connectivity index (χ0v) is 16.5. The number of ether oxygens (including phenoxy) is 1. The number of hydrogen-bond acceptors (Lipinski definition) is 6. The number of aromatic hydroxyl groups is 1. The van der Waals surface area contributed by atoms with Gasteiger partial charge in [0.2, 0.25) is 5.91 Å². The Morgan fingerprint density at radius 1 is 1.11 bits per heavy atom. The van der Waals surface area contributed by atoms with Crippen LogP contribution >= 0.6 is 0 Å². The van der Waals surface area contributed by atoms with E-state index in [0.29, 0.717) is 18.7 Å². The van der Waals surface area contributed by atoms with Crippen molar-refractivity contribution < 1.29 is 30.0 Å². The van der Waals surface area contributed by atoms with Gasteiger partial charge in [0.05, 0.1) is 20.3 Å². The summed E-state index contributed by atoms with van der Waals surface area (Å²) >= 11 is 0. The van der Waals surface area contributed by atoms with Crippen molar-refractivity contribution in [1.29, 1.82) is 0 Å². The number of aliphatic hydroxyl groups excluding tert-OH is 3. The second-order valence-electron chi connectivity index (χ2n) is 6.32. The molecule has 0 spiro atoms. The lowest BCUT2D eigenvalue weighted by atomic mass is 10.1. The molecule has 0 aromatic heterocycles. The molecule has 0 aliphatic rings. The molecule has 0 saturated carbocycles. The Bertz CT molecular complexity index is 505. The summed E-state index contributed by atoms with van der Waals surface area (Å²) in [4.78, 5) is 11.7. The molecule has 156 valence electrons. The van der Waals surface area contributed by atoms with E-state index in [1.807, 2.05) is 0 Å². The molecule has 0 atom stereocenters. The fraction of sp³-hybridized carbons (Fsp3) is 0.650. The van der Waals surface area contributed by atoms with Gasteiger partial charge in [0.15, 0.2) is 11.5 Å². The van der Waals surface area contributed by atoms with Gasteiger partial charge in [0.1, 0.15) is 6.10 Å². The minimum Gasteiger partial charge on any atom is -0.504 e. The van der Waals surface area contributed by atoms with Gasteiger partial charge in [0, 0.05) is 13.0 Å². The molecule has 0 heterocycles. The van der Waals surface area contributed by atoms with Crippen LogP contribution in [0.1, 0.15) is 57.4 Å². The molecule has 0 aliphatic carbocycles. The number of benzene rings is 1. The molecule has 7 heteroatoms. The van der Waals surface area contributed by atoms with Gasteiger partial charge in [0.25, 0.3) is 0 Å². The summed E-state index contributed by atoms with van der Waals surface area (Å²) in [5, 5.41) is 36.4. The summed E-state index contributed by atoms with van der Waals surface area (Å²) in [6.07, 6.45) is 6.73. The van der Waals surface area contributed by atoms with Crippen molar-refractivity contribution in [1.82, 2.24) is 5.32 Å². The molecule has 0 bridgehead atoms. The van der Waals surface area contributed by atoms with Gasteiger partial charge in [-0.3, -0.25) is 4.79 Å². The highest BCUT2D eigenvalue weighted by Crippen LogP contribution is 2.26. The molecule has 1 aromatic rings. The molecule has 1 amide bonds. The SMILES string of the molecule is CCCCCCCCC(=O)NCc1ccc(O)c(OC)c1.OCC(O)CO. The van der Waals surface area contributed by atoms with Crippen LogP contribution < -0.4 is 10.1 Å². The molecule has 1 rings (SSSR count). The average Bonchev–Trinajstić information content (AvgIpc) is 2.69. The van der Waals surface area contributed by atoms with E-state index in [9.17, 15) is 9.90 Å². The van der Waals surface area contributed by atoms with Gasteiger partial charge >= 0.3 is 0 Å². The number of rotatable bonds is 12. The van der Waals surface area contributed by atoms with Crippen LogP contribution in [-0.4, -0.2) is 52.8 Å². The molecule has 0 saturated heterocycles. The lowest BCUT2D eigenvalue weighted by Crippen LogP contribution is -2.22. The number of amides is 1. The maximum atomic E-state index is 11.7. The third-order valence-electron chi connectivity index (χ3n) is 3.91. The molecule has 0 radical (unpaired) electrons. The van der Waals surface area contributed by atoms with Crippen LogP contribution in [0.3, 0.4) is 0 Å². The number of phenols is 1. The normalized spacial score (nSPS) is 10.3. The van der Waals surface area contributed by atoms with Crippen LogP contribution in [0.15, 0.2) is 18.2 Å². The predicted molar refractivity (Wildman–Crippen MR) is 105 cm³/mol. The van der Waals surface area contributed by atoms with Gasteiger partial charge in [-0.2, -0.15) is 0 Å². The first-order valence-corrected chi connectivity index (χ1v) is 9.50. The van der Waals surface area contributed by atoms with Crippen molar-refractivity contribution in [3.63, 3.8) is 0 Å². The summed E-state index contributed by atoms with van der Waals surface area (Å²) in [5.74, 6) is 0.620. The molecule has 0 fully saturated rings. The molecule has 0 aliphatic heterocycles. The van der Waals surface area contributed by atoms with E-state index in [1.165, 1.54) is 32.8 Å². The topological polar surface area (TPSA) is 119 Å². The van der Waals surface area contributed by atoms with E-state index < -0.39 is 6.10 Å². The van der Waals surface area contributed by atoms with Crippen molar-refractivity contribution in [2.24, 2.45) is 0 Å². The number of carbonyl (C=O) groups excluding carboxylic acids is 1. The zero-order valence-electron chi connectivity index (χ0n) is 16.5. The van der Waals surface area contributed by atoms with Crippen LogP contribution in [-0.2, 0) is 11.3 Å². The van der Waals surface area contributed by atoms with Crippen LogP contribution in [0.5, 0.6) is 11.5 Å². The van der Waals surface area contributed by atoms with Crippen LogP contribution in [0.2, 0.25) is 0 Å². The summed E-state index contributed by atoms with van der Waals surface area (Å²) in [6, 6.07) is 5.09. The molecule has 0 unspecified atom stereocenters. The lowest BCUT2D eigenvalue weighted by Gasteiger charge is -2.08. The van der Waals surface area contributed by atoms with E-state index in [1.54, 1.807) is 18.2 Å². The molecular weight excluding hydrogens is 350 g/mol. The third kappa shape index (κ3) is 13.1. The molecular formula is C20H35NO6. The number of hydrogen-bond donors (Lipinski definition) is 5. The smallest absolute Gasteiger partial charge is 0.220 e. The van der Waals surface area contributed by atoms with Crippen LogP contribution in [0, 0.1) is 0 Å². The first-order valence-electron chi connectivity index (χ1n) is 9.50. The number of aliphatic hydroxyl groups is 3. The van der Waals surface area contributed by atoms with Crippen molar-refractivity contribution in [2.75, 3.05) is 20.3 Å². The minimum atomic E-state index is -0.954. The van der Waals surface area contributed by atoms with Crippen molar-refractivity contribution in [2.45, 2.75) is 64.5 Å². The van der Waals surface area contributed by atoms with Crippen molar-refractivity contribution >= 4 is 5.91 Å². The van der Waals surface area contributed by atoms with Gasteiger partial charge in [-0.05, 0) is 24.1 Å². The van der Waals surface area contributed by atoms with Crippen LogP contribution in [0.25, 0.3) is 0 Å². The first-order chi connectivity index (χ1) is 13.0. The van der Waals surface area contributed by atoms with Gasteiger partial charge in [-0.15, -0.1) is 0 Å². The highest BCUT2D eigenvalue weighted by atomic mass is 16.5. The van der Waals surface area contributed by atoms with E-state index >= 15 is 0 Å². The Morgan fingerprint density at radius 2 is 1.74 bits per heavy atom. The average molecular weight is 386 g/mol. The maximum Gasteiger partial charge on any atom is 0.220 e. The van der Waals surface area contributed by atoms with Gasteiger partial charge < -0.3 is 30.5 Å². The van der Waals surface area contributed by atoms with E-state index in [0.717, 1.165) is 18.4 Å². The van der Waals surface area contributed by atoms with Crippen molar-refractivity contribution in [3.8, 4) is 11.5 Å². The van der Waals surface area contributed by atoms with E-state index in [2.05, 4.69) is 12.2 Å². The molecule has 1 aromatic carbocycles. The highest BCUT2D eigenvalue weighted by Gasteiger charge is 2.05. The minimum absolute atomic E-state index is 0.0810. The summed E-state index contributed by atoms with van der Waals surface area (Å²) in [5.41, 5.74) is 0.918. The Kier molecular flexibility index (Phi) is 15.2. The monoisotopic (exact) mass is 385 g/mol. The van der Waals surface area contributed by atoms with E-state index in [-0.39, 0.29) is 24.9 Å². The Hall–Kier alpha value is -1.83. The lowest BCUT2D eigenvalue weighted by molar-refractivity contribution is -0.121. The fourth-order valence-corrected chi connectivity index (χ4v) is 2.24. The number of methoxy groups -OCH3 is 1. The number of nitrogens with one attached hydrogen (secondary N) is 1. The molecule has 7 nitrogen and oxygen atoms in total.